The highest BCUT2D eigenvalue weighted by molar-refractivity contribution is 5.93. The maximum atomic E-state index is 12.4. The average molecular weight is 466 g/mol. The minimum absolute atomic E-state index is 0.0580. The second-order valence-electron chi connectivity index (χ2n) is 9.02. The van der Waals surface area contributed by atoms with Gasteiger partial charge in [0.15, 0.2) is 0 Å². The minimum atomic E-state index is 0.0580. The molecule has 6 nitrogen and oxygen atoms in total. The molecule has 35 heavy (non-hydrogen) atoms. The van der Waals surface area contributed by atoms with Gasteiger partial charge in [-0.1, -0.05) is 48.9 Å². The third-order valence-corrected chi connectivity index (χ3v) is 6.36. The van der Waals surface area contributed by atoms with Crippen LogP contribution in [0, 0.1) is 0 Å². The molecule has 0 atom stereocenters. The lowest BCUT2D eigenvalue weighted by atomic mass is 10.1. The van der Waals surface area contributed by atoms with Crippen LogP contribution in [0.25, 0.3) is 23.1 Å². The standard InChI is InChI=1S/C29H31N5O/c35-29(16-19-34-17-5-2-6-18-34)31-24-11-7-10-23(20-24)30-25-13-14-26-27(32-33-28(26)21-25)15-12-22-8-3-1-4-9-22/h1,3-4,7-15,20-21,30H,2,5-6,16-19H2,(H,31,35)(H,32,33)/b15-12+. The van der Waals surface area contributed by atoms with Crippen molar-refractivity contribution in [3.63, 3.8) is 0 Å². The van der Waals surface area contributed by atoms with Crippen molar-refractivity contribution in [1.82, 2.24) is 15.1 Å². The number of hydrogen-bond acceptors (Lipinski definition) is 4. The van der Waals surface area contributed by atoms with Gasteiger partial charge < -0.3 is 15.5 Å². The molecule has 178 valence electrons. The summed E-state index contributed by atoms with van der Waals surface area (Å²) in [5.41, 5.74) is 5.68. The zero-order valence-electron chi connectivity index (χ0n) is 19.8. The average Bonchev–Trinajstić information content (AvgIpc) is 3.30. The number of hydrogen-bond donors (Lipinski definition) is 3. The van der Waals surface area contributed by atoms with Crippen molar-refractivity contribution in [3.05, 3.63) is 84.1 Å². The van der Waals surface area contributed by atoms with Crippen LogP contribution < -0.4 is 10.6 Å². The van der Waals surface area contributed by atoms with E-state index in [1.54, 1.807) is 0 Å². The van der Waals surface area contributed by atoms with Gasteiger partial charge in [0, 0.05) is 35.4 Å². The van der Waals surface area contributed by atoms with E-state index in [1.807, 2.05) is 60.7 Å². The Bertz CT molecular complexity index is 1310. The van der Waals surface area contributed by atoms with Crippen LogP contribution in [0.1, 0.15) is 36.9 Å². The number of carbonyl (C=O) groups is 1. The molecule has 0 spiro atoms. The van der Waals surface area contributed by atoms with E-state index in [-0.39, 0.29) is 5.91 Å². The fraction of sp³-hybridized carbons (Fsp3) is 0.241. The zero-order chi connectivity index (χ0) is 23.9. The molecule has 0 aliphatic carbocycles. The Kier molecular flexibility index (Phi) is 7.20. The molecule has 0 unspecified atom stereocenters. The molecule has 2 heterocycles. The second-order valence-corrected chi connectivity index (χ2v) is 9.02. The number of amides is 1. The van der Waals surface area contributed by atoms with Gasteiger partial charge in [0.1, 0.15) is 0 Å². The maximum Gasteiger partial charge on any atom is 0.225 e. The summed E-state index contributed by atoms with van der Waals surface area (Å²) in [5, 5.41) is 15.1. The maximum absolute atomic E-state index is 12.4. The summed E-state index contributed by atoms with van der Waals surface area (Å²) in [6.07, 6.45) is 8.40. The monoisotopic (exact) mass is 465 g/mol. The van der Waals surface area contributed by atoms with Gasteiger partial charge in [-0.25, -0.2) is 0 Å². The first kappa shape index (κ1) is 22.9. The molecule has 3 aromatic carbocycles. The quantitative estimate of drug-likeness (QED) is 0.286. The van der Waals surface area contributed by atoms with Crippen LogP contribution in [0.4, 0.5) is 17.1 Å². The Labute approximate surface area is 206 Å². The number of anilines is 3. The number of nitrogens with zero attached hydrogens (tertiary/aromatic N) is 2. The number of piperidine rings is 1. The second kappa shape index (κ2) is 11.0. The van der Waals surface area contributed by atoms with Crippen molar-refractivity contribution in [2.45, 2.75) is 25.7 Å². The number of likely N-dealkylation sites (tertiary alicyclic amines) is 1. The predicted molar refractivity (Wildman–Crippen MR) is 145 cm³/mol. The molecule has 1 aromatic heterocycles. The molecule has 0 radical (unpaired) electrons. The number of rotatable bonds is 8. The molecule has 1 amide bonds. The Hall–Kier alpha value is -3.90. The first-order valence-electron chi connectivity index (χ1n) is 12.3. The molecule has 1 aliphatic heterocycles. The van der Waals surface area contributed by atoms with Gasteiger partial charge in [0.25, 0.3) is 0 Å². The van der Waals surface area contributed by atoms with E-state index in [9.17, 15) is 4.79 Å². The molecule has 4 aromatic rings. The lowest BCUT2D eigenvalue weighted by Gasteiger charge is -2.25. The summed E-state index contributed by atoms with van der Waals surface area (Å²) >= 11 is 0. The molecule has 1 fully saturated rings. The van der Waals surface area contributed by atoms with Crippen LogP contribution in [0.15, 0.2) is 72.8 Å². The highest BCUT2D eigenvalue weighted by Crippen LogP contribution is 2.25. The number of carbonyl (C=O) groups excluding carboxylic acids is 1. The van der Waals surface area contributed by atoms with Crippen molar-refractivity contribution >= 4 is 46.0 Å². The molecule has 6 heteroatoms. The summed E-state index contributed by atoms with van der Waals surface area (Å²) < 4.78 is 0. The molecule has 1 saturated heterocycles. The fourth-order valence-corrected chi connectivity index (χ4v) is 4.49. The topological polar surface area (TPSA) is 73.1 Å². The molecular weight excluding hydrogens is 434 g/mol. The number of nitrogens with one attached hydrogen (secondary N) is 3. The van der Waals surface area contributed by atoms with Gasteiger partial charge in [0.05, 0.1) is 11.2 Å². The molecule has 5 rings (SSSR count). The highest BCUT2D eigenvalue weighted by Gasteiger charge is 2.12. The number of H-pyrrole nitrogens is 1. The third kappa shape index (κ3) is 6.16. The Morgan fingerprint density at radius 1 is 0.886 bits per heavy atom. The van der Waals surface area contributed by atoms with Crippen LogP contribution in [-0.4, -0.2) is 40.6 Å². The molecule has 1 aliphatic rings. The number of fused-ring (bicyclic) bond motifs is 1. The molecule has 0 saturated carbocycles. The molecule has 0 bridgehead atoms. The lowest BCUT2D eigenvalue weighted by Crippen LogP contribution is -2.32. The minimum Gasteiger partial charge on any atom is -0.355 e. The van der Waals surface area contributed by atoms with Gasteiger partial charge in [-0.15, -0.1) is 0 Å². The molecular formula is C29H31N5O. The van der Waals surface area contributed by atoms with Crippen molar-refractivity contribution in [2.24, 2.45) is 0 Å². The van der Waals surface area contributed by atoms with Gasteiger partial charge in [0.2, 0.25) is 5.91 Å². The Morgan fingerprint density at radius 3 is 2.54 bits per heavy atom. The fourth-order valence-electron chi connectivity index (χ4n) is 4.49. The highest BCUT2D eigenvalue weighted by atomic mass is 16.1. The largest absolute Gasteiger partial charge is 0.355 e. The number of aromatic nitrogens is 2. The van der Waals surface area contributed by atoms with Gasteiger partial charge >= 0.3 is 0 Å². The summed E-state index contributed by atoms with van der Waals surface area (Å²) in [6, 6.07) is 24.2. The summed E-state index contributed by atoms with van der Waals surface area (Å²) in [6.45, 7) is 3.05. The van der Waals surface area contributed by atoms with Crippen molar-refractivity contribution < 1.29 is 4.79 Å². The number of aromatic amines is 1. The van der Waals surface area contributed by atoms with Gasteiger partial charge in [-0.3, -0.25) is 9.89 Å². The van der Waals surface area contributed by atoms with Crippen molar-refractivity contribution in [2.75, 3.05) is 30.3 Å². The van der Waals surface area contributed by atoms with Crippen molar-refractivity contribution in [3.8, 4) is 0 Å². The van der Waals surface area contributed by atoms with E-state index in [2.05, 4.69) is 50.0 Å². The van der Waals surface area contributed by atoms with Crippen LogP contribution >= 0.6 is 0 Å². The van der Waals surface area contributed by atoms with E-state index < -0.39 is 0 Å². The first-order chi connectivity index (χ1) is 17.2. The Balaban J connectivity index is 1.21. The summed E-state index contributed by atoms with van der Waals surface area (Å²) in [7, 11) is 0. The van der Waals surface area contributed by atoms with Crippen LogP contribution in [0.5, 0.6) is 0 Å². The SMILES string of the molecule is O=C(CCN1CCCCC1)Nc1cccc(Nc2ccc3c(/C=C/c4ccccc4)n[nH]c3c2)c1. The van der Waals surface area contributed by atoms with Crippen LogP contribution in [0.2, 0.25) is 0 Å². The van der Waals surface area contributed by atoms with E-state index in [1.165, 1.54) is 19.3 Å². The van der Waals surface area contributed by atoms with E-state index >= 15 is 0 Å². The third-order valence-electron chi connectivity index (χ3n) is 6.36. The lowest BCUT2D eigenvalue weighted by molar-refractivity contribution is -0.116. The first-order valence-corrected chi connectivity index (χ1v) is 12.3. The number of benzene rings is 3. The van der Waals surface area contributed by atoms with Gasteiger partial charge in [-0.05, 0) is 74.0 Å². The predicted octanol–water partition coefficient (Wildman–Crippen LogP) is 6.29. The summed E-state index contributed by atoms with van der Waals surface area (Å²) in [5.74, 6) is 0.0580. The van der Waals surface area contributed by atoms with E-state index in [0.29, 0.717) is 6.42 Å². The van der Waals surface area contributed by atoms with E-state index in [4.69, 9.17) is 0 Å². The van der Waals surface area contributed by atoms with Crippen molar-refractivity contribution in [1.29, 1.82) is 0 Å². The zero-order valence-corrected chi connectivity index (χ0v) is 19.8. The smallest absolute Gasteiger partial charge is 0.225 e. The van der Waals surface area contributed by atoms with Crippen LogP contribution in [0.3, 0.4) is 0 Å². The van der Waals surface area contributed by atoms with Gasteiger partial charge in [-0.2, -0.15) is 5.10 Å². The Morgan fingerprint density at radius 2 is 1.69 bits per heavy atom. The summed E-state index contributed by atoms with van der Waals surface area (Å²) in [4.78, 5) is 14.8. The van der Waals surface area contributed by atoms with Crippen LogP contribution in [-0.2, 0) is 4.79 Å². The molecule has 3 N–H and O–H groups in total. The van der Waals surface area contributed by atoms with E-state index in [0.717, 1.165) is 58.9 Å². The normalized spacial score (nSPS) is 14.4.